The van der Waals surface area contributed by atoms with Gasteiger partial charge in [0.25, 0.3) is 10.0 Å². The van der Waals surface area contributed by atoms with Gasteiger partial charge in [0.05, 0.1) is 12.8 Å². The van der Waals surface area contributed by atoms with E-state index in [0.717, 1.165) is 16.9 Å². The Kier molecular flexibility index (Phi) is 6.21. The average Bonchev–Trinajstić information content (AvgIpc) is 3.08. The van der Waals surface area contributed by atoms with Crippen molar-refractivity contribution in [3.05, 3.63) is 41.3 Å². The van der Waals surface area contributed by atoms with Gasteiger partial charge < -0.3 is 10.1 Å². The molecule has 0 aliphatic heterocycles. The van der Waals surface area contributed by atoms with Crippen LogP contribution in [0, 0.1) is 12.8 Å². The Morgan fingerprint density at radius 2 is 1.96 bits per heavy atom. The summed E-state index contributed by atoms with van der Waals surface area (Å²) in [7, 11) is -2.23. The molecule has 0 aliphatic rings. The molecule has 1 amide bonds. The number of ether oxygens (including phenoxy) is 1. The van der Waals surface area contributed by atoms with Crippen molar-refractivity contribution in [2.24, 2.45) is 5.92 Å². The molecule has 2 aromatic rings. The number of carbonyl (C=O) groups excluding carboxylic acids is 1. The molecule has 1 unspecified atom stereocenters. The predicted octanol–water partition coefficient (Wildman–Crippen LogP) is 3.01. The van der Waals surface area contributed by atoms with Crippen molar-refractivity contribution in [1.82, 2.24) is 4.72 Å². The van der Waals surface area contributed by atoms with Crippen molar-refractivity contribution in [3.8, 4) is 5.75 Å². The predicted molar refractivity (Wildman–Crippen MR) is 99.6 cm³/mol. The number of thiophene rings is 1. The van der Waals surface area contributed by atoms with Crippen molar-refractivity contribution in [3.63, 3.8) is 0 Å². The van der Waals surface area contributed by atoms with Gasteiger partial charge in [-0.3, -0.25) is 4.79 Å². The first kappa shape index (κ1) is 19.4. The van der Waals surface area contributed by atoms with E-state index in [9.17, 15) is 13.2 Å². The van der Waals surface area contributed by atoms with Gasteiger partial charge in [0.15, 0.2) is 0 Å². The topological polar surface area (TPSA) is 84.5 Å². The number of methoxy groups -OCH3 is 1. The van der Waals surface area contributed by atoms with Crippen molar-refractivity contribution < 1.29 is 17.9 Å². The van der Waals surface area contributed by atoms with Crippen LogP contribution in [0.2, 0.25) is 0 Å². The fourth-order valence-corrected chi connectivity index (χ4v) is 4.62. The van der Waals surface area contributed by atoms with Gasteiger partial charge in [-0.2, -0.15) is 4.72 Å². The summed E-state index contributed by atoms with van der Waals surface area (Å²) in [5.74, 6) is -0.146. The molecule has 0 radical (unpaired) electrons. The zero-order valence-corrected chi connectivity index (χ0v) is 16.2. The number of carbonyl (C=O) groups is 1. The SMILES string of the molecule is COc1ccc(C)cc1NC(=O)C(NS(=O)(=O)c1cccs1)C(C)C. The highest BCUT2D eigenvalue weighted by atomic mass is 32.2. The lowest BCUT2D eigenvalue weighted by Crippen LogP contribution is -2.46. The number of amides is 1. The smallest absolute Gasteiger partial charge is 0.250 e. The van der Waals surface area contributed by atoms with Crippen LogP contribution in [0.5, 0.6) is 5.75 Å². The number of anilines is 1. The first-order valence-corrected chi connectivity index (χ1v) is 10.1. The number of sulfonamides is 1. The summed E-state index contributed by atoms with van der Waals surface area (Å²) in [6.45, 7) is 5.47. The van der Waals surface area contributed by atoms with Crippen molar-refractivity contribution >= 4 is 33.0 Å². The van der Waals surface area contributed by atoms with Gasteiger partial charge in [-0.1, -0.05) is 26.0 Å². The van der Waals surface area contributed by atoms with Gasteiger partial charge in [0.2, 0.25) is 5.91 Å². The molecule has 0 saturated heterocycles. The van der Waals surface area contributed by atoms with Gasteiger partial charge in [-0.15, -0.1) is 11.3 Å². The summed E-state index contributed by atoms with van der Waals surface area (Å²) in [4.78, 5) is 12.7. The molecular weight excluding hydrogens is 360 g/mol. The molecule has 0 aliphatic carbocycles. The summed E-state index contributed by atoms with van der Waals surface area (Å²) in [6, 6.07) is 7.66. The van der Waals surface area contributed by atoms with Crippen LogP contribution < -0.4 is 14.8 Å². The molecule has 8 heteroatoms. The van der Waals surface area contributed by atoms with Crippen LogP contribution in [-0.2, 0) is 14.8 Å². The van der Waals surface area contributed by atoms with E-state index in [1.807, 2.05) is 13.0 Å². The molecule has 136 valence electrons. The van der Waals surface area contributed by atoms with Gasteiger partial charge in [0, 0.05) is 0 Å². The van der Waals surface area contributed by atoms with Crippen LogP contribution >= 0.6 is 11.3 Å². The lowest BCUT2D eigenvalue weighted by Gasteiger charge is -2.22. The zero-order chi connectivity index (χ0) is 18.6. The average molecular weight is 383 g/mol. The standard InChI is InChI=1S/C17H22N2O4S2/c1-11(2)16(19-25(21,22)15-6-5-9-24-15)17(20)18-13-10-12(3)7-8-14(13)23-4/h5-11,16,19H,1-4H3,(H,18,20). The molecule has 0 saturated carbocycles. The minimum atomic E-state index is -3.75. The molecule has 6 nitrogen and oxygen atoms in total. The van der Waals surface area contributed by atoms with E-state index in [-0.39, 0.29) is 10.1 Å². The van der Waals surface area contributed by atoms with Crippen molar-refractivity contribution in [2.45, 2.75) is 31.0 Å². The molecule has 1 heterocycles. The summed E-state index contributed by atoms with van der Waals surface area (Å²) < 4.78 is 32.8. The number of rotatable bonds is 7. The maximum absolute atomic E-state index is 12.7. The van der Waals surface area contributed by atoms with Gasteiger partial charge in [0.1, 0.15) is 16.0 Å². The number of benzene rings is 1. The van der Waals surface area contributed by atoms with Crippen LogP contribution in [-0.4, -0.2) is 27.5 Å². The number of nitrogens with one attached hydrogen (secondary N) is 2. The van der Waals surface area contributed by atoms with Gasteiger partial charge >= 0.3 is 0 Å². The second kappa shape index (κ2) is 7.99. The van der Waals surface area contributed by atoms with Gasteiger partial charge in [-0.25, -0.2) is 8.42 Å². The normalized spacial score (nSPS) is 12.8. The Morgan fingerprint density at radius 3 is 2.52 bits per heavy atom. The van der Waals surface area contributed by atoms with Crippen LogP contribution in [0.3, 0.4) is 0 Å². The van der Waals surface area contributed by atoms with E-state index < -0.39 is 22.0 Å². The Morgan fingerprint density at radius 1 is 1.24 bits per heavy atom. The van der Waals surface area contributed by atoms with E-state index in [4.69, 9.17) is 4.74 Å². The minimum Gasteiger partial charge on any atom is -0.495 e. The van der Waals surface area contributed by atoms with E-state index in [1.165, 1.54) is 13.2 Å². The third-order valence-corrected chi connectivity index (χ3v) is 6.44. The molecule has 1 atom stereocenters. The van der Waals surface area contributed by atoms with Crippen molar-refractivity contribution in [2.75, 3.05) is 12.4 Å². The molecule has 0 spiro atoms. The Balaban J connectivity index is 2.23. The molecule has 0 bridgehead atoms. The van der Waals surface area contributed by atoms with E-state index in [0.29, 0.717) is 11.4 Å². The molecular formula is C17H22N2O4S2. The first-order valence-electron chi connectivity index (χ1n) is 7.76. The molecule has 0 fully saturated rings. The summed E-state index contributed by atoms with van der Waals surface area (Å²) in [5.41, 5.74) is 1.46. The third-order valence-electron chi connectivity index (χ3n) is 3.60. The van der Waals surface area contributed by atoms with Crippen LogP contribution in [0.25, 0.3) is 0 Å². The van der Waals surface area contributed by atoms with E-state index in [2.05, 4.69) is 10.0 Å². The monoisotopic (exact) mass is 382 g/mol. The van der Waals surface area contributed by atoms with E-state index in [1.54, 1.807) is 37.4 Å². The first-order chi connectivity index (χ1) is 11.7. The summed E-state index contributed by atoms with van der Waals surface area (Å²) >= 11 is 1.11. The lowest BCUT2D eigenvalue weighted by molar-refractivity contribution is -0.118. The van der Waals surface area contributed by atoms with E-state index >= 15 is 0 Å². The highest BCUT2D eigenvalue weighted by Crippen LogP contribution is 2.26. The molecule has 1 aromatic heterocycles. The molecule has 2 rings (SSSR count). The fraction of sp³-hybridized carbons (Fsp3) is 0.353. The van der Waals surface area contributed by atoms with Crippen LogP contribution in [0.15, 0.2) is 39.9 Å². The van der Waals surface area contributed by atoms with Gasteiger partial charge in [-0.05, 0) is 42.0 Å². The molecule has 25 heavy (non-hydrogen) atoms. The Bertz CT molecular complexity index is 830. The highest BCUT2D eigenvalue weighted by molar-refractivity contribution is 7.91. The molecule has 2 N–H and O–H groups in total. The van der Waals surface area contributed by atoms with Crippen LogP contribution in [0.4, 0.5) is 5.69 Å². The lowest BCUT2D eigenvalue weighted by atomic mass is 10.0. The number of aryl methyl sites for hydroxylation is 1. The van der Waals surface area contributed by atoms with Crippen molar-refractivity contribution in [1.29, 1.82) is 0 Å². The molecule has 1 aromatic carbocycles. The summed E-state index contributed by atoms with van der Waals surface area (Å²) in [6.07, 6.45) is 0. The fourth-order valence-electron chi connectivity index (χ4n) is 2.26. The maximum Gasteiger partial charge on any atom is 0.250 e. The quantitative estimate of drug-likeness (QED) is 0.771. The second-order valence-corrected chi connectivity index (χ2v) is 8.86. The number of hydrogen-bond donors (Lipinski definition) is 2. The second-order valence-electron chi connectivity index (χ2n) is 5.97. The van der Waals surface area contributed by atoms with Crippen LogP contribution in [0.1, 0.15) is 19.4 Å². The Hall–Kier alpha value is -1.90. The maximum atomic E-state index is 12.7. The third kappa shape index (κ3) is 4.81. The minimum absolute atomic E-state index is 0.180. The highest BCUT2D eigenvalue weighted by Gasteiger charge is 2.29. The largest absolute Gasteiger partial charge is 0.495 e. The Labute approximate surface area is 152 Å². The summed E-state index contributed by atoms with van der Waals surface area (Å²) in [5, 5.41) is 4.44. The zero-order valence-electron chi connectivity index (χ0n) is 14.6. The number of hydrogen-bond acceptors (Lipinski definition) is 5.